The third-order valence-corrected chi connectivity index (χ3v) is 4.13. The maximum absolute atomic E-state index is 6.02. The van der Waals surface area contributed by atoms with Crippen molar-refractivity contribution in [3.63, 3.8) is 0 Å². The molecule has 0 N–H and O–H groups in total. The molecule has 1 aliphatic rings. The molecule has 0 unspecified atom stereocenters. The van der Waals surface area contributed by atoms with Gasteiger partial charge in [-0.2, -0.15) is 0 Å². The fraction of sp³-hybridized carbons (Fsp3) is 0.500. The average Bonchev–Trinajstić information content (AvgIpc) is 2.57. The predicted molar refractivity (Wildman–Crippen MR) is 80.0 cm³/mol. The highest BCUT2D eigenvalue weighted by Crippen LogP contribution is 2.38. The highest BCUT2D eigenvalue weighted by molar-refractivity contribution is 6.54. The van der Waals surface area contributed by atoms with E-state index in [1.807, 2.05) is 6.07 Å². The molecular weight excluding hydrogens is 235 g/mol. The summed E-state index contributed by atoms with van der Waals surface area (Å²) in [6, 6.07) is 10.4. The summed E-state index contributed by atoms with van der Waals surface area (Å²) in [5.41, 5.74) is 1.92. The number of hydrogen-bond donors (Lipinski definition) is 0. The molecule has 0 amide bonds. The van der Waals surface area contributed by atoms with E-state index in [1.54, 1.807) is 0 Å². The molecule has 1 aromatic rings. The quantitative estimate of drug-likeness (QED) is 0.767. The minimum atomic E-state index is -0.264. The van der Waals surface area contributed by atoms with Crippen LogP contribution in [0.1, 0.15) is 40.2 Å². The largest absolute Gasteiger partial charge is 0.489 e. The number of hydrogen-bond acceptors (Lipinski definition) is 2. The minimum absolute atomic E-state index is 0.228. The molecule has 0 aliphatic carbocycles. The van der Waals surface area contributed by atoms with Gasteiger partial charge >= 0.3 is 7.12 Å². The molecule has 0 saturated carbocycles. The maximum atomic E-state index is 6.02. The van der Waals surface area contributed by atoms with E-state index in [0.29, 0.717) is 0 Å². The molecule has 2 rings (SSSR count). The van der Waals surface area contributed by atoms with E-state index in [9.17, 15) is 0 Å². The molecule has 1 saturated heterocycles. The van der Waals surface area contributed by atoms with Gasteiger partial charge in [0.2, 0.25) is 0 Å². The van der Waals surface area contributed by atoms with Crippen molar-refractivity contribution in [3.8, 4) is 0 Å². The van der Waals surface area contributed by atoms with Gasteiger partial charge in [-0.1, -0.05) is 36.4 Å². The van der Waals surface area contributed by atoms with Crippen LogP contribution in [-0.2, 0) is 15.7 Å². The maximum Gasteiger partial charge on any atom is 0.489 e. The van der Waals surface area contributed by atoms with E-state index < -0.39 is 0 Å². The van der Waals surface area contributed by atoms with Crippen LogP contribution in [0, 0.1) is 0 Å². The Labute approximate surface area is 117 Å². The molecule has 19 heavy (non-hydrogen) atoms. The van der Waals surface area contributed by atoms with Crippen LogP contribution in [0.5, 0.6) is 0 Å². The van der Waals surface area contributed by atoms with Crippen molar-refractivity contribution in [2.75, 3.05) is 0 Å². The second kappa shape index (κ2) is 5.14. The third kappa shape index (κ3) is 3.10. The molecule has 102 valence electrons. The van der Waals surface area contributed by atoms with Gasteiger partial charge in [0.15, 0.2) is 0 Å². The summed E-state index contributed by atoms with van der Waals surface area (Å²) in [6.45, 7) is 10.4. The van der Waals surface area contributed by atoms with Gasteiger partial charge in [0.1, 0.15) is 0 Å². The molecule has 1 aromatic carbocycles. The first-order valence-corrected chi connectivity index (χ1v) is 6.88. The highest BCUT2D eigenvalue weighted by atomic mass is 16.7. The van der Waals surface area contributed by atoms with E-state index in [-0.39, 0.29) is 18.3 Å². The zero-order valence-corrected chi connectivity index (χ0v) is 12.6. The van der Waals surface area contributed by atoms with Gasteiger partial charge in [-0.05, 0) is 52.1 Å². The Hall–Kier alpha value is -1.06. The van der Waals surface area contributed by atoms with Crippen LogP contribution in [0.4, 0.5) is 0 Å². The molecule has 0 spiro atoms. The van der Waals surface area contributed by atoms with Gasteiger partial charge in [-0.15, -0.1) is 0 Å². The van der Waals surface area contributed by atoms with Crippen molar-refractivity contribution in [1.29, 1.82) is 0 Å². The fourth-order valence-corrected chi connectivity index (χ4v) is 2.02. The Morgan fingerprint density at radius 1 is 1.05 bits per heavy atom. The lowest BCUT2D eigenvalue weighted by Gasteiger charge is -2.32. The average molecular weight is 258 g/mol. The molecule has 3 heteroatoms. The van der Waals surface area contributed by atoms with Crippen molar-refractivity contribution in [1.82, 2.24) is 0 Å². The van der Waals surface area contributed by atoms with Crippen molar-refractivity contribution in [2.45, 2.75) is 52.2 Å². The number of rotatable bonds is 3. The van der Waals surface area contributed by atoms with Gasteiger partial charge in [-0.25, -0.2) is 0 Å². The van der Waals surface area contributed by atoms with Crippen molar-refractivity contribution in [3.05, 3.63) is 47.4 Å². The summed E-state index contributed by atoms with van der Waals surface area (Å²) >= 11 is 0. The van der Waals surface area contributed by atoms with E-state index >= 15 is 0 Å². The Bertz CT molecular complexity index is 447. The molecule has 0 bridgehead atoms. The van der Waals surface area contributed by atoms with Gasteiger partial charge in [0.25, 0.3) is 0 Å². The Balaban J connectivity index is 2.04. The molecular formula is C16H23BO2. The van der Waals surface area contributed by atoms with Crippen molar-refractivity contribution >= 4 is 7.12 Å². The zero-order chi connectivity index (χ0) is 14.1. The Kier molecular flexibility index (Phi) is 3.89. The molecule has 2 nitrogen and oxygen atoms in total. The Morgan fingerprint density at radius 2 is 1.58 bits per heavy atom. The lowest BCUT2D eigenvalue weighted by atomic mass is 9.78. The number of allylic oxidation sites excluding steroid dienone is 2. The van der Waals surface area contributed by atoms with Crippen LogP contribution in [0.2, 0.25) is 0 Å². The standard InChI is InChI=1S/C16H23BO2/c1-13(11-12-14-9-7-6-8-10-14)17-18-15(2,3)16(4,5)19-17/h6-11H,12H2,1-5H3/b13-11-. The van der Waals surface area contributed by atoms with Crippen LogP contribution in [0.25, 0.3) is 0 Å². The lowest BCUT2D eigenvalue weighted by molar-refractivity contribution is 0.00578. The first-order chi connectivity index (χ1) is 8.82. The molecule has 1 heterocycles. The molecule has 0 radical (unpaired) electrons. The molecule has 0 aromatic heterocycles. The first-order valence-electron chi connectivity index (χ1n) is 6.88. The predicted octanol–water partition coefficient (Wildman–Crippen LogP) is 3.81. The third-order valence-electron chi connectivity index (χ3n) is 4.13. The van der Waals surface area contributed by atoms with E-state index in [1.165, 1.54) is 5.56 Å². The topological polar surface area (TPSA) is 18.5 Å². The summed E-state index contributed by atoms with van der Waals surface area (Å²) in [5, 5.41) is 0. The van der Waals surface area contributed by atoms with Crippen molar-refractivity contribution in [2.24, 2.45) is 0 Å². The monoisotopic (exact) mass is 258 g/mol. The van der Waals surface area contributed by atoms with Crippen LogP contribution in [0.15, 0.2) is 41.9 Å². The Morgan fingerprint density at radius 3 is 2.11 bits per heavy atom. The minimum Gasteiger partial charge on any atom is -0.400 e. The molecule has 0 atom stereocenters. The SMILES string of the molecule is C/C(=C/Cc1ccccc1)B1OC(C)(C)C(C)(C)O1. The number of benzene rings is 1. The van der Waals surface area contributed by atoms with Gasteiger partial charge < -0.3 is 9.31 Å². The van der Waals surface area contributed by atoms with E-state index in [2.05, 4.69) is 65.0 Å². The highest BCUT2D eigenvalue weighted by Gasteiger charge is 2.51. The molecule has 1 fully saturated rings. The zero-order valence-electron chi connectivity index (χ0n) is 12.6. The van der Waals surface area contributed by atoms with Crippen LogP contribution >= 0.6 is 0 Å². The first kappa shape index (κ1) is 14.4. The second-order valence-corrected chi connectivity index (χ2v) is 6.23. The lowest BCUT2D eigenvalue weighted by Crippen LogP contribution is -2.41. The summed E-state index contributed by atoms with van der Waals surface area (Å²) < 4.78 is 12.0. The van der Waals surface area contributed by atoms with Gasteiger partial charge in [0.05, 0.1) is 11.2 Å². The summed E-state index contributed by atoms with van der Waals surface area (Å²) in [7, 11) is -0.228. The van der Waals surface area contributed by atoms with E-state index in [4.69, 9.17) is 9.31 Å². The second-order valence-electron chi connectivity index (χ2n) is 6.23. The van der Waals surface area contributed by atoms with Crippen LogP contribution in [-0.4, -0.2) is 18.3 Å². The smallest absolute Gasteiger partial charge is 0.400 e. The normalized spacial score (nSPS) is 21.7. The van der Waals surface area contributed by atoms with Gasteiger partial charge in [0, 0.05) is 0 Å². The van der Waals surface area contributed by atoms with Crippen molar-refractivity contribution < 1.29 is 9.31 Å². The molecule has 1 aliphatic heterocycles. The summed E-state index contributed by atoms with van der Waals surface area (Å²) in [4.78, 5) is 0. The summed E-state index contributed by atoms with van der Waals surface area (Å²) in [6.07, 6.45) is 3.11. The summed E-state index contributed by atoms with van der Waals surface area (Å²) in [5.74, 6) is 0. The van der Waals surface area contributed by atoms with Crippen LogP contribution < -0.4 is 0 Å². The van der Waals surface area contributed by atoms with E-state index in [0.717, 1.165) is 11.9 Å². The van der Waals surface area contributed by atoms with Gasteiger partial charge in [-0.3, -0.25) is 0 Å². The van der Waals surface area contributed by atoms with Crippen LogP contribution in [0.3, 0.4) is 0 Å². The fourth-order valence-electron chi connectivity index (χ4n) is 2.02.